The molecule has 9 heteroatoms. The van der Waals surface area contributed by atoms with Gasteiger partial charge in [0.2, 0.25) is 0 Å². The molecule has 1 aliphatic heterocycles. The van der Waals surface area contributed by atoms with E-state index in [2.05, 4.69) is 0 Å². The molecule has 1 saturated heterocycles. The molecular weight excluding hydrogens is 499 g/mol. The molecule has 3 aromatic carbocycles. The highest BCUT2D eigenvalue weighted by Crippen LogP contribution is 2.44. The Kier molecular flexibility index (Phi) is 9.27. The molecule has 4 rings (SSSR count). The lowest BCUT2D eigenvalue weighted by molar-refractivity contribution is -0.154. The number of hydrogen-bond acceptors (Lipinski definition) is 7. The molecule has 3 aromatic rings. The Morgan fingerprint density at radius 3 is 1.92 bits per heavy atom. The highest BCUT2D eigenvalue weighted by molar-refractivity contribution is 6.11. The van der Waals surface area contributed by atoms with E-state index in [0.717, 1.165) is 16.7 Å². The van der Waals surface area contributed by atoms with Gasteiger partial charge in [-0.1, -0.05) is 54.6 Å². The van der Waals surface area contributed by atoms with Crippen molar-refractivity contribution in [1.82, 2.24) is 0 Å². The molecule has 1 heterocycles. The summed E-state index contributed by atoms with van der Waals surface area (Å²) in [4.78, 5) is 22.9. The number of carboxylic acids is 1. The third-order valence-corrected chi connectivity index (χ3v) is 6.68. The Morgan fingerprint density at radius 2 is 1.41 bits per heavy atom. The molecular formula is C30H31BO8. The zero-order valence-corrected chi connectivity index (χ0v) is 21.9. The predicted molar refractivity (Wildman–Crippen MR) is 144 cm³/mol. The summed E-state index contributed by atoms with van der Waals surface area (Å²) in [5, 5.41) is 8.85. The van der Waals surface area contributed by atoms with Crippen molar-refractivity contribution in [3.63, 3.8) is 0 Å². The lowest BCUT2D eigenvalue weighted by Gasteiger charge is -2.39. The van der Waals surface area contributed by atoms with Crippen LogP contribution in [-0.4, -0.2) is 63.9 Å². The lowest BCUT2D eigenvalue weighted by Crippen LogP contribution is -2.41. The number of aliphatic carboxylic acids is 1. The smallest absolute Gasteiger partial charge is 0.306 e. The molecule has 1 N–H and O–H groups in total. The fraction of sp³-hybridized carbons (Fsp3) is 0.333. The van der Waals surface area contributed by atoms with E-state index in [-0.39, 0.29) is 19.4 Å². The van der Waals surface area contributed by atoms with Crippen LogP contribution in [0.2, 0.25) is 0 Å². The Labute approximate surface area is 229 Å². The van der Waals surface area contributed by atoms with Crippen LogP contribution in [0.1, 0.15) is 36.0 Å². The van der Waals surface area contributed by atoms with E-state index in [0.29, 0.717) is 17.9 Å². The minimum atomic E-state index is -1.09. The largest absolute Gasteiger partial charge is 0.497 e. The van der Waals surface area contributed by atoms with Gasteiger partial charge in [-0.3, -0.25) is 9.59 Å². The van der Waals surface area contributed by atoms with Crippen LogP contribution in [0.15, 0.2) is 78.9 Å². The van der Waals surface area contributed by atoms with Gasteiger partial charge in [0.25, 0.3) is 0 Å². The number of carbonyl (C=O) groups is 2. The van der Waals surface area contributed by atoms with Crippen LogP contribution in [0.4, 0.5) is 0 Å². The Hall–Kier alpha value is -3.82. The molecule has 0 bridgehead atoms. The van der Waals surface area contributed by atoms with E-state index < -0.39 is 35.8 Å². The average Bonchev–Trinajstić information content (AvgIpc) is 3.32. The Balaban J connectivity index is 1.75. The topological polar surface area (TPSA) is 101 Å². The standard InChI is InChI=1S/C30H31BO8/c1-35-23-12-8-21(9-13-23)30(20-6-4-3-5-7-20,22-10-14-24(36-2)15-11-22)39-25-18-27(31)38-26(25)19-37-29(34)17-16-28(32)33/h3-15,25-27H,16-19H2,1-2H3,(H,32,33). The van der Waals surface area contributed by atoms with Crippen molar-refractivity contribution in [1.29, 1.82) is 0 Å². The fourth-order valence-electron chi connectivity index (χ4n) is 4.73. The van der Waals surface area contributed by atoms with Gasteiger partial charge in [0.1, 0.15) is 37.7 Å². The van der Waals surface area contributed by atoms with E-state index >= 15 is 0 Å². The molecule has 0 saturated carbocycles. The highest BCUT2D eigenvalue weighted by atomic mass is 16.6. The van der Waals surface area contributed by atoms with Gasteiger partial charge in [0.05, 0.1) is 33.2 Å². The first-order chi connectivity index (χ1) is 18.8. The van der Waals surface area contributed by atoms with Crippen molar-refractivity contribution in [3.05, 3.63) is 95.6 Å². The summed E-state index contributed by atoms with van der Waals surface area (Å²) < 4.78 is 29.1. The first kappa shape index (κ1) is 28.2. The number of benzene rings is 3. The number of ether oxygens (including phenoxy) is 5. The third kappa shape index (κ3) is 6.61. The zero-order chi connectivity index (χ0) is 27.8. The van der Waals surface area contributed by atoms with Crippen molar-refractivity contribution >= 4 is 19.8 Å². The maximum absolute atomic E-state index is 12.1. The van der Waals surface area contributed by atoms with E-state index in [1.165, 1.54) is 0 Å². The van der Waals surface area contributed by atoms with Gasteiger partial charge in [-0.2, -0.15) is 0 Å². The first-order valence-electron chi connectivity index (χ1n) is 12.7. The minimum absolute atomic E-state index is 0.118. The van der Waals surface area contributed by atoms with Crippen LogP contribution in [0.5, 0.6) is 11.5 Å². The second-order valence-corrected chi connectivity index (χ2v) is 9.19. The Bertz CT molecular complexity index is 1180. The molecule has 1 aliphatic rings. The summed E-state index contributed by atoms with van der Waals surface area (Å²) in [5.41, 5.74) is 1.47. The molecule has 202 valence electrons. The molecule has 2 radical (unpaired) electrons. The summed E-state index contributed by atoms with van der Waals surface area (Å²) >= 11 is 0. The molecule has 8 nitrogen and oxygen atoms in total. The second kappa shape index (κ2) is 12.8. The predicted octanol–water partition coefficient (Wildman–Crippen LogP) is 4.07. The maximum atomic E-state index is 12.1. The van der Waals surface area contributed by atoms with Crippen molar-refractivity contribution in [3.8, 4) is 11.5 Å². The van der Waals surface area contributed by atoms with Crippen LogP contribution in [0.25, 0.3) is 0 Å². The molecule has 1 fully saturated rings. The maximum Gasteiger partial charge on any atom is 0.306 e. The van der Waals surface area contributed by atoms with Gasteiger partial charge >= 0.3 is 11.9 Å². The van der Waals surface area contributed by atoms with Crippen LogP contribution < -0.4 is 9.47 Å². The van der Waals surface area contributed by atoms with Gasteiger partial charge < -0.3 is 28.8 Å². The summed E-state index contributed by atoms with van der Waals surface area (Å²) in [6, 6.07) is 24.5. The van der Waals surface area contributed by atoms with Gasteiger partial charge in [0, 0.05) is 6.00 Å². The molecule has 3 atom stereocenters. The summed E-state index contributed by atoms with van der Waals surface area (Å²) in [5.74, 6) is -0.292. The number of hydrogen-bond donors (Lipinski definition) is 1. The summed E-state index contributed by atoms with van der Waals surface area (Å²) in [6.07, 6.45) is -1.40. The first-order valence-corrected chi connectivity index (χ1v) is 12.7. The summed E-state index contributed by atoms with van der Waals surface area (Å²) in [6.45, 7) is -0.118. The monoisotopic (exact) mass is 530 g/mol. The van der Waals surface area contributed by atoms with Crippen molar-refractivity contribution in [2.75, 3.05) is 20.8 Å². The quantitative estimate of drug-likeness (QED) is 0.213. The normalized spacial score (nSPS) is 18.9. The molecule has 0 aliphatic carbocycles. The van der Waals surface area contributed by atoms with E-state index in [4.69, 9.17) is 36.6 Å². The zero-order valence-electron chi connectivity index (χ0n) is 21.9. The molecule has 0 amide bonds. The molecule has 39 heavy (non-hydrogen) atoms. The minimum Gasteiger partial charge on any atom is -0.497 e. The van der Waals surface area contributed by atoms with Gasteiger partial charge in [-0.15, -0.1) is 0 Å². The van der Waals surface area contributed by atoms with E-state index in [9.17, 15) is 9.59 Å². The average molecular weight is 530 g/mol. The number of carbonyl (C=O) groups excluding carboxylic acids is 1. The van der Waals surface area contributed by atoms with E-state index in [1.807, 2.05) is 78.9 Å². The number of rotatable bonds is 12. The van der Waals surface area contributed by atoms with Crippen LogP contribution in [-0.2, 0) is 29.4 Å². The molecule has 3 unspecified atom stereocenters. The molecule has 0 spiro atoms. The number of methoxy groups -OCH3 is 2. The van der Waals surface area contributed by atoms with Crippen LogP contribution in [0, 0.1) is 0 Å². The van der Waals surface area contributed by atoms with Gasteiger partial charge in [-0.05, 0) is 47.4 Å². The van der Waals surface area contributed by atoms with Gasteiger partial charge in [-0.25, -0.2) is 0 Å². The highest BCUT2D eigenvalue weighted by Gasteiger charge is 2.45. The lowest BCUT2D eigenvalue weighted by atomic mass is 9.79. The third-order valence-electron chi connectivity index (χ3n) is 6.68. The SMILES string of the molecule is [B]C1CC(OC(c2ccccc2)(c2ccc(OC)cc2)c2ccc(OC)cc2)C(COC(=O)CCC(=O)O)O1. The van der Waals surface area contributed by atoms with Crippen LogP contribution in [0.3, 0.4) is 0 Å². The van der Waals surface area contributed by atoms with Crippen molar-refractivity contribution < 1.29 is 38.4 Å². The Morgan fingerprint density at radius 1 is 0.872 bits per heavy atom. The molecule has 0 aromatic heterocycles. The van der Waals surface area contributed by atoms with E-state index in [1.54, 1.807) is 14.2 Å². The van der Waals surface area contributed by atoms with Gasteiger partial charge in [0.15, 0.2) is 0 Å². The second-order valence-electron chi connectivity index (χ2n) is 9.19. The van der Waals surface area contributed by atoms with Crippen molar-refractivity contribution in [2.45, 2.75) is 43.1 Å². The number of esters is 1. The number of carboxylic acid groups (broad SMARTS) is 1. The fourth-order valence-corrected chi connectivity index (χ4v) is 4.73. The summed E-state index contributed by atoms with van der Waals surface area (Å²) in [7, 11) is 9.40. The van der Waals surface area contributed by atoms with Crippen LogP contribution >= 0.6 is 0 Å². The van der Waals surface area contributed by atoms with Crippen molar-refractivity contribution in [2.24, 2.45) is 0 Å².